The first-order valence-corrected chi connectivity index (χ1v) is 19.0. The van der Waals surface area contributed by atoms with Crippen LogP contribution >= 0.6 is 22.7 Å². The fourth-order valence-electron chi connectivity index (χ4n) is 6.46. The van der Waals surface area contributed by atoms with Gasteiger partial charge in [-0.15, -0.1) is 22.7 Å². The van der Waals surface area contributed by atoms with E-state index in [1.54, 1.807) is 22.7 Å². The van der Waals surface area contributed by atoms with Crippen LogP contribution in [-0.2, 0) is 0 Å². The smallest absolute Gasteiger partial charge is 0.101 e. The molecule has 52 heavy (non-hydrogen) atoms. The summed E-state index contributed by atoms with van der Waals surface area (Å²) in [6.45, 7) is 0. The fraction of sp³-hybridized carbons (Fsp3) is 0.0426. The van der Waals surface area contributed by atoms with Gasteiger partial charge in [-0.3, -0.25) is 0 Å². The molecule has 2 heterocycles. The maximum absolute atomic E-state index is 10.2. The van der Waals surface area contributed by atoms with Gasteiger partial charge >= 0.3 is 0 Å². The minimum absolute atomic E-state index is 0.671. The lowest BCUT2D eigenvalue weighted by molar-refractivity contribution is 0.997. The van der Waals surface area contributed by atoms with Gasteiger partial charge in [0.05, 0.1) is 5.57 Å². The largest absolute Gasteiger partial charge is 0.311 e. The number of anilines is 5. The Balaban J connectivity index is 1.00. The zero-order valence-corrected chi connectivity index (χ0v) is 30.1. The lowest BCUT2D eigenvalue weighted by Gasteiger charge is -2.27. The van der Waals surface area contributed by atoms with Crippen molar-refractivity contribution in [3.8, 4) is 27.0 Å². The van der Waals surface area contributed by atoms with Gasteiger partial charge in [-0.1, -0.05) is 91.0 Å². The molecule has 0 saturated heterocycles. The minimum Gasteiger partial charge on any atom is -0.311 e. The molecule has 2 aromatic heterocycles. The zero-order chi connectivity index (χ0) is 35.1. The van der Waals surface area contributed by atoms with Gasteiger partial charge in [0.1, 0.15) is 6.07 Å². The molecule has 0 bridgehead atoms. The first-order valence-electron chi connectivity index (χ1n) is 17.4. The number of nitriles is 1. The maximum atomic E-state index is 10.2. The van der Waals surface area contributed by atoms with Gasteiger partial charge in [-0.05, 0) is 121 Å². The van der Waals surface area contributed by atoms with E-state index in [-0.39, 0.29) is 0 Å². The summed E-state index contributed by atoms with van der Waals surface area (Å²) in [5, 5.41) is 10.2. The van der Waals surface area contributed by atoms with Crippen LogP contribution in [-0.4, -0.2) is 0 Å². The van der Waals surface area contributed by atoms with Crippen LogP contribution < -0.4 is 9.80 Å². The second kappa shape index (κ2) is 15.4. The standard InChI is InChI=1S/C47H35N3S2/c48-34-37(47-32-31-46(52-47)36-23-27-43(28-24-36)50(40-17-9-3-10-18-40)41-19-11-4-12-20-41)33-44-29-30-45(51-44)35-21-25-42(26-22-35)49(38-13-5-1-6-14-38)39-15-7-2-8-16-39/h1-3,5-11,13-33H,4,12H2/b37-33+. The van der Waals surface area contributed by atoms with E-state index in [1.807, 2.05) is 18.2 Å². The van der Waals surface area contributed by atoms with Crippen molar-refractivity contribution in [2.45, 2.75) is 12.8 Å². The van der Waals surface area contributed by atoms with E-state index in [4.69, 9.17) is 0 Å². The van der Waals surface area contributed by atoms with Crippen LogP contribution in [0.1, 0.15) is 22.6 Å². The molecule has 3 nitrogen and oxygen atoms in total. The molecule has 5 heteroatoms. The highest BCUT2D eigenvalue weighted by atomic mass is 32.1. The van der Waals surface area contributed by atoms with Crippen molar-refractivity contribution in [2.24, 2.45) is 0 Å². The fourth-order valence-corrected chi connectivity index (χ4v) is 8.40. The summed E-state index contributed by atoms with van der Waals surface area (Å²) >= 11 is 3.35. The van der Waals surface area contributed by atoms with Crippen molar-refractivity contribution in [3.05, 3.63) is 197 Å². The molecule has 0 atom stereocenters. The highest BCUT2D eigenvalue weighted by molar-refractivity contribution is 7.17. The van der Waals surface area contributed by atoms with Gasteiger partial charge in [-0.25, -0.2) is 0 Å². The molecule has 7 aromatic rings. The number of allylic oxidation sites excluding steroid dienone is 4. The number of thiophene rings is 2. The number of benzene rings is 5. The predicted octanol–water partition coefficient (Wildman–Crippen LogP) is 14.0. The molecule has 250 valence electrons. The molecule has 0 aliphatic heterocycles. The number of hydrogen-bond acceptors (Lipinski definition) is 5. The Kier molecular flexibility index (Phi) is 9.75. The lowest BCUT2D eigenvalue weighted by atomic mass is 10.1. The SMILES string of the molecule is N#C/C(=C\c1ccc(-c2ccc(N(c3ccccc3)c3ccccc3)cc2)s1)c1ccc(-c2ccc(N(C3=CCCC=C3)c3ccccc3)cc2)s1. The molecule has 5 aromatic carbocycles. The molecule has 0 unspecified atom stereocenters. The monoisotopic (exact) mass is 705 g/mol. The summed E-state index contributed by atoms with van der Waals surface area (Å²) in [6.07, 6.45) is 10.9. The Morgan fingerprint density at radius 1 is 0.519 bits per heavy atom. The van der Waals surface area contributed by atoms with E-state index in [1.165, 1.54) is 5.70 Å². The summed E-state index contributed by atoms with van der Waals surface area (Å²) in [4.78, 5) is 8.89. The van der Waals surface area contributed by atoms with Crippen LogP contribution in [0.25, 0.3) is 32.5 Å². The highest BCUT2D eigenvalue weighted by Crippen LogP contribution is 2.39. The second-order valence-corrected chi connectivity index (χ2v) is 14.6. The van der Waals surface area contributed by atoms with Gasteiger partial charge in [-0.2, -0.15) is 5.26 Å². The van der Waals surface area contributed by atoms with Crippen LogP contribution in [0.4, 0.5) is 28.4 Å². The van der Waals surface area contributed by atoms with Crippen LogP contribution in [0, 0.1) is 11.3 Å². The summed E-state index contributed by atoms with van der Waals surface area (Å²) < 4.78 is 0. The van der Waals surface area contributed by atoms with Crippen LogP contribution in [0.3, 0.4) is 0 Å². The normalized spacial score (nSPS) is 12.6. The minimum atomic E-state index is 0.671. The quantitative estimate of drug-likeness (QED) is 0.133. The summed E-state index contributed by atoms with van der Waals surface area (Å²) in [5.74, 6) is 0. The van der Waals surface area contributed by atoms with Gasteiger partial charge < -0.3 is 9.80 Å². The summed E-state index contributed by atoms with van der Waals surface area (Å²) in [6, 6.07) is 59.7. The average molecular weight is 706 g/mol. The number of hydrogen-bond donors (Lipinski definition) is 0. The van der Waals surface area contributed by atoms with Crippen molar-refractivity contribution in [1.82, 2.24) is 0 Å². The third kappa shape index (κ3) is 7.17. The van der Waals surface area contributed by atoms with Gasteiger partial charge in [0, 0.05) is 53.6 Å². The topological polar surface area (TPSA) is 30.3 Å². The molecular formula is C47H35N3S2. The first-order chi connectivity index (χ1) is 25.7. The Bertz CT molecular complexity index is 2360. The zero-order valence-electron chi connectivity index (χ0n) is 28.5. The molecule has 0 amide bonds. The molecule has 1 aliphatic carbocycles. The van der Waals surface area contributed by atoms with Crippen LogP contribution in [0.5, 0.6) is 0 Å². The van der Waals surface area contributed by atoms with Crippen molar-refractivity contribution in [3.63, 3.8) is 0 Å². The van der Waals surface area contributed by atoms with E-state index in [9.17, 15) is 5.26 Å². The highest BCUT2D eigenvalue weighted by Gasteiger charge is 2.16. The van der Waals surface area contributed by atoms with E-state index in [0.717, 1.165) is 71.9 Å². The lowest BCUT2D eigenvalue weighted by Crippen LogP contribution is -2.15. The number of nitrogens with zero attached hydrogens (tertiary/aromatic N) is 3. The van der Waals surface area contributed by atoms with Gasteiger partial charge in [0.15, 0.2) is 0 Å². The Labute approximate surface area is 313 Å². The predicted molar refractivity (Wildman–Crippen MR) is 223 cm³/mol. The third-order valence-electron chi connectivity index (χ3n) is 9.00. The van der Waals surface area contributed by atoms with Crippen LogP contribution in [0.15, 0.2) is 188 Å². The third-order valence-corrected chi connectivity index (χ3v) is 11.3. The molecule has 0 saturated carbocycles. The maximum Gasteiger partial charge on any atom is 0.101 e. The Morgan fingerprint density at radius 3 is 1.56 bits per heavy atom. The van der Waals surface area contributed by atoms with Crippen molar-refractivity contribution >= 4 is 62.8 Å². The Morgan fingerprint density at radius 2 is 1.02 bits per heavy atom. The van der Waals surface area contributed by atoms with Crippen molar-refractivity contribution in [2.75, 3.05) is 9.80 Å². The number of rotatable bonds is 10. The van der Waals surface area contributed by atoms with Crippen molar-refractivity contribution < 1.29 is 0 Å². The van der Waals surface area contributed by atoms with Gasteiger partial charge in [0.2, 0.25) is 0 Å². The molecule has 1 aliphatic rings. The molecule has 8 rings (SSSR count). The first kappa shape index (κ1) is 33.0. The molecule has 0 spiro atoms. The second-order valence-electron chi connectivity index (χ2n) is 12.4. The summed E-state index contributed by atoms with van der Waals surface area (Å²) in [5.41, 5.74) is 9.74. The van der Waals surface area contributed by atoms with E-state index in [0.29, 0.717) is 5.57 Å². The van der Waals surface area contributed by atoms with E-state index in [2.05, 4.69) is 186 Å². The van der Waals surface area contributed by atoms with Crippen LogP contribution in [0.2, 0.25) is 0 Å². The number of para-hydroxylation sites is 3. The molecular weight excluding hydrogens is 671 g/mol. The van der Waals surface area contributed by atoms with Crippen molar-refractivity contribution in [1.29, 1.82) is 5.26 Å². The van der Waals surface area contributed by atoms with E-state index >= 15 is 0 Å². The van der Waals surface area contributed by atoms with E-state index < -0.39 is 0 Å². The van der Waals surface area contributed by atoms with Gasteiger partial charge in [0.25, 0.3) is 0 Å². The Hall–Kier alpha value is -6.19. The molecule has 0 radical (unpaired) electrons. The summed E-state index contributed by atoms with van der Waals surface area (Å²) in [7, 11) is 0. The molecule has 0 N–H and O–H groups in total. The molecule has 0 fully saturated rings. The average Bonchev–Trinajstić information content (AvgIpc) is 3.90.